The van der Waals surface area contributed by atoms with Crippen LogP contribution >= 0.6 is 23.2 Å². The summed E-state index contributed by atoms with van der Waals surface area (Å²) in [5, 5.41) is 1.14. The summed E-state index contributed by atoms with van der Waals surface area (Å²) in [7, 11) is 0. The lowest BCUT2D eigenvalue weighted by Gasteiger charge is -2.14. The van der Waals surface area contributed by atoms with Gasteiger partial charge in [0.1, 0.15) is 6.61 Å². The fourth-order valence-corrected chi connectivity index (χ4v) is 3.29. The van der Waals surface area contributed by atoms with E-state index in [-0.39, 0.29) is 0 Å². The van der Waals surface area contributed by atoms with Crippen LogP contribution in [0.1, 0.15) is 29.2 Å². The van der Waals surface area contributed by atoms with Gasteiger partial charge in [-0.1, -0.05) is 41.4 Å². The van der Waals surface area contributed by atoms with Gasteiger partial charge in [-0.25, -0.2) is 0 Å². The van der Waals surface area contributed by atoms with E-state index in [1.807, 2.05) is 49.4 Å². The van der Waals surface area contributed by atoms with E-state index in [0.717, 1.165) is 16.8 Å². The molecule has 0 bridgehead atoms. The van der Waals surface area contributed by atoms with E-state index in [2.05, 4.69) is 31.0 Å². The summed E-state index contributed by atoms with van der Waals surface area (Å²) in [5.74, 6) is 1.10. The molecule has 29 heavy (non-hydrogen) atoms. The fraction of sp³-hybridized carbons (Fsp3) is 0.208. The largest absolute Gasteiger partial charge is 0.490 e. The SMILES string of the molecule is CCOc1cc(C=Nc2ccc(C)c(C)c2)cc(Cl)c1OCc1cccc(Cl)c1. The second kappa shape index (κ2) is 9.82. The molecule has 3 rings (SSSR count). The molecule has 0 atom stereocenters. The first-order valence-electron chi connectivity index (χ1n) is 9.41. The minimum Gasteiger partial charge on any atom is -0.490 e. The van der Waals surface area contributed by atoms with Gasteiger partial charge in [-0.3, -0.25) is 4.99 Å². The maximum absolute atomic E-state index is 6.50. The second-order valence-electron chi connectivity index (χ2n) is 6.71. The first kappa shape index (κ1) is 21.2. The van der Waals surface area contributed by atoms with Gasteiger partial charge in [0.2, 0.25) is 0 Å². The molecule has 150 valence electrons. The number of ether oxygens (including phenoxy) is 2. The predicted octanol–water partition coefficient (Wildman–Crippen LogP) is 7.34. The highest BCUT2D eigenvalue weighted by molar-refractivity contribution is 6.32. The predicted molar refractivity (Wildman–Crippen MR) is 122 cm³/mol. The highest BCUT2D eigenvalue weighted by atomic mass is 35.5. The fourth-order valence-electron chi connectivity index (χ4n) is 2.80. The summed E-state index contributed by atoms with van der Waals surface area (Å²) in [5.41, 5.74) is 5.14. The summed E-state index contributed by atoms with van der Waals surface area (Å²) in [6, 6.07) is 17.3. The third kappa shape index (κ3) is 5.75. The number of benzene rings is 3. The van der Waals surface area contributed by atoms with Crippen molar-refractivity contribution in [2.75, 3.05) is 6.61 Å². The molecule has 0 aliphatic heterocycles. The molecule has 3 aromatic carbocycles. The first-order chi connectivity index (χ1) is 14.0. The van der Waals surface area contributed by atoms with Crippen molar-refractivity contribution in [3.63, 3.8) is 0 Å². The molecule has 0 aliphatic rings. The Morgan fingerprint density at radius 1 is 0.931 bits per heavy atom. The van der Waals surface area contributed by atoms with Gasteiger partial charge in [-0.15, -0.1) is 0 Å². The number of nitrogens with zero attached hydrogens (tertiary/aromatic N) is 1. The van der Waals surface area contributed by atoms with E-state index in [4.69, 9.17) is 32.7 Å². The maximum atomic E-state index is 6.50. The normalized spacial score (nSPS) is 11.1. The van der Waals surface area contributed by atoms with Gasteiger partial charge < -0.3 is 9.47 Å². The van der Waals surface area contributed by atoms with Crippen LogP contribution in [0.2, 0.25) is 10.0 Å². The average molecular weight is 428 g/mol. The van der Waals surface area contributed by atoms with E-state index in [1.54, 1.807) is 6.21 Å². The number of rotatable bonds is 7. The van der Waals surface area contributed by atoms with Gasteiger partial charge in [-0.05, 0) is 79.4 Å². The highest BCUT2D eigenvalue weighted by Gasteiger charge is 2.13. The van der Waals surface area contributed by atoms with E-state index >= 15 is 0 Å². The molecule has 0 radical (unpaired) electrons. The lowest BCUT2D eigenvalue weighted by Crippen LogP contribution is -2.01. The van der Waals surface area contributed by atoms with E-state index in [0.29, 0.717) is 34.8 Å². The van der Waals surface area contributed by atoms with Crippen LogP contribution in [0.3, 0.4) is 0 Å². The van der Waals surface area contributed by atoms with Gasteiger partial charge in [0, 0.05) is 11.2 Å². The summed E-state index contributed by atoms with van der Waals surface area (Å²) < 4.78 is 11.7. The number of hydrogen-bond donors (Lipinski definition) is 0. The molecule has 3 aromatic rings. The lowest BCUT2D eigenvalue weighted by molar-refractivity contribution is 0.269. The Morgan fingerprint density at radius 2 is 1.76 bits per heavy atom. The smallest absolute Gasteiger partial charge is 0.180 e. The topological polar surface area (TPSA) is 30.8 Å². The van der Waals surface area contributed by atoms with Crippen LogP contribution in [0.5, 0.6) is 11.5 Å². The van der Waals surface area contributed by atoms with E-state index in [9.17, 15) is 0 Å². The van der Waals surface area contributed by atoms with Crippen LogP contribution in [0.4, 0.5) is 5.69 Å². The molecule has 0 saturated carbocycles. The number of aliphatic imine (C=N–C) groups is 1. The summed E-state index contributed by atoms with van der Waals surface area (Å²) in [4.78, 5) is 4.56. The van der Waals surface area contributed by atoms with Crippen molar-refractivity contribution in [2.24, 2.45) is 4.99 Å². The van der Waals surface area contributed by atoms with Crippen molar-refractivity contribution in [1.29, 1.82) is 0 Å². The number of hydrogen-bond acceptors (Lipinski definition) is 3. The zero-order valence-corrected chi connectivity index (χ0v) is 18.2. The van der Waals surface area contributed by atoms with Crippen molar-refractivity contribution < 1.29 is 9.47 Å². The van der Waals surface area contributed by atoms with Crippen LogP contribution in [0, 0.1) is 13.8 Å². The van der Waals surface area contributed by atoms with Crippen molar-refractivity contribution in [3.05, 3.63) is 86.9 Å². The molecule has 5 heteroatoms. The van der Waals surface area contributed by atoms with Crippen molar-refractivity contribution in [1.82, 2.24) is 0 Å². The average Bonchev–Trinajstić information content (AvgIpc) is 2.68. The van der Waals surface area contributed by atoms with Crippen LogP contribution in [-0.4, -0.2) is 12.8 Å². The Bertz CT molecular complexity index is 1030. The lowest BCUT2D eigenvalue weighted by atomic mass is 10.1. The number of aryl methyl sites for hydroxylation is 2. The highest BCUT2D eigenvalue weighted by Crippen LogP contribution is 2.37. The molecule has 0 amide bonds. The molecule has 0 spiro atoms. The van der Waals surface area contributed by atoms with Crippen LogP contribution in [-0.2, 0) is 6.61 Å². The van der Waals surface area contributed by atoms with E-state index in [1.165, 1.54) is 11.1 Å². The Morgan fingerprint density at radius 3 is 2.48 bits per heavy atom. The molecule has 0 N–H and O–H groups in total. The van der Waals surface area contributed by atoms with Crippen LogP contribution in [0.25, 0.3) is 0 Å². The molecule has 0 saturated heterocycles. The Balaban J connectivity index is 1.83. The van der Waals surface area contributed by atoms with Crippen LogP contribution < -0.4 is 9.47 Å². The molecule has 0 fully saturated rings. The minimum absolute atomic E-state index is 0.344. The summed E-state index contributed by atoms with van der Waals surface area (Å²) >= 11 is 12.5. The molecule has 0 unspecified atom stereocenters. The molecule has 0 aliphatic carbocycles. The van der Waals surface area contributed by atoms with Gasteiger partial charge in [0.15, 0.2) is 11.5 Å². The van der Waals surface area contributed by atoms with Gasteiger partial charge in [0.05, 0.1) is 17.3 Å². The van der Waals surface area contributed by atoms with Gasteiger partial charge in [-0.2, -0.15) is 0 Å². The van der Waals surface area contributed by atoms with Crippen molar-refractivity contribution in [3.8, 4) is 11.5 Å². The van der Waals surface area contributed by atoms with Gasteiger partial charge in [0.25, 0.3) is 0 Å². The zero-order chi connectivity index (χ0) is 20.8. The third-order valence-electron chi connectivity index (χ3n) is 4.46. The first-order valence-corrected chi connectivity index (χ1v) is 10.2. The zero-order valence-electron chi connectivity index (χ0n) is 16.7. The molecule has 0 aromatic heterocycles. The molecular formula is C24H23Cl2NO2. The number of halogens is 2. The maximum Gasteiger partial charge on any atom is 0.180 e. The van der Waals surface area contributed by atoms with Gasteiger partial charge >= 0.3 is 0 Å². The van der Waals surface area contributed by atoms with E-state index < -0.39 is 0 Å². The molecular weight excluding hydrogens is 405 g/mol. The molecule has 0 heterocycles. The summed E-state index contributed by atoms with van der Waals surface area (Å²) in [6.45, 7) is 6.92. The monoisotopic (exact) mass is 427 g/mol. The Labute approximate surface area is 181 Å². The quantitative estimate of drug-likeness (QED) is 0.369. The Hall–Kier alpha value is -2.49. The van der Waals surface area contributed by atoms with Crippen molar-refractivity contribution in [2.45, 2.75) is 27.4 Å². The van der Waals surface area contributed by atoms with Crippen LogP contribution in [0.15, 0.2) is 59.6 Å². The van der Waals surface area contributed by atoms with Crippen molar-refractivity contribution >= 4 is 35.1 Å². The summed E-state index contributed by atoms with van der Waals surface area (Å²) in [6.07, 6.45) is 1.78. The minimum atomic E-state index is 0.344. The third-order valence-corrected chi connectivity index (χ3v) is 4.97. The second-order valence-corrected chi connectivity index (χ2v) is 7.55. The standard InChI is InChI=1S/C24H23Cl2NO2/c1-4-28-23-13-19(14-27-21-9-8-16(2)17(3)10-21)12-22(26)24(23)29-15-18-6-5-7-20(25)11-18/h5-14H,4,15H2,1-3H3. The molecule has 3 nitrogen and oxygen atoms in total. The Kier molecular flexibility index (Phi) is 7.18.